The minimum atomic E-state index is -4.41. The van der Waals surface area contributed by atoms with Crippen LogP contribution in [0.15, 0.2) is 12.1 Å². The lowest BCUT2D eigenvalue weighted by Crippen LogP contribution is -2.20. The first-order valence-corrected chi connectivity index (χ1v) is 4.13. The van der Waals surface area contributed by atoms with E-state index in [1.807, 2.05) is 0 Å². The van der Waals surface area contributed by atoms with Crippen LogP contribution in [0.1, 0.15) is 0 Å². The van der Waals surface area contributed by atoms with Gasteiger partial charge >= 0.3 is 6.18 Å². The van der Waals surface area contributed by atoms with Gasteiger partial charge in [-0.3, -0.25) is 0 Å². The summed E-state index contributed by atoms with van der Waals surface area (Å²) in [5.74, 6) is -0.219. The highest BCUT2D eigenvalue weighted by molar-refractivity contribution is 5.42. The number of rotatable bonds is 2. The Morgan fingerprint density at radius 3 is 2.75 bits per heavy atom. The summed E-state index contributed by atoms with van der Waals surface area (Å²) in [5, 5.41) is 10.8. The lowest BCUT2D eigenvalue weighted by atomic mass is 10.5. The molecule has 2 aromatic heterocycles. The summed E-state index contributed by atoms with van der Waals surface area (Å²) in [5.41, 5.74) is 5.71. The molecule has 0 amide bonds. The summed E-state index contributed by atoms with van der Waals surface area (Å²) in [6, 6.07) is 2.66. The first-order chi connectivity index (χ1) is 7.46. The number of ether oxygens (including phenoxy) is 1. The molecule has 9 heteroatoms. The minimum absolute atomic E-state index is 0.0209. The largest absolute Gasteiger partial charge is 0.467 e. The number of hydrogen-bond donors (Lipinski definition) is 1. The van der Waals surface area contributed by atoms with Crippen molar-refractivity contribution in [1.82, 2.24) is 19.8 Å². The van der Waals surface area contributed by atoms with Gasteiger partial charge in [-0.05, 0) is 6.07 Å². The molecule has 0 saturated heterocycles. The zero-order valence-electron chi connectivity index (χ0n) is 7.77. The topological polar surface area (TPSA) is 78.3 Å². The molecule has 2 N–H and O–H groups in total. The fourth-order valence-corrected chi connectivity index (χ4v) is 1.02. The molecule has 0 fully saturated rings. The predicted molar refractivity (Wildman–Crippen MR) is 46.7 cm³/mol. The molecule has 16 heavy (non-hydrogen) atoms. The van der Waals surface area contributed by atoms with E-state index in [9.17, 15) is 13.2 Å². The highest BCUT2D eigenvalue weighted by Gasteiger charge is 2.28. The van der Waals surface area contributed by atoms with Crippen molar-refractivity contribution < 1.29 is 17.9 Å². The van der Waals surface area contributed by atoms with Crippen molar-refractivity contribution in [3.8, 4) is 5.88 Å². The molecule has 0 aliphatic carbocycles. The van der Waals surface area contributed by atoms with Gasteiger partial charge in [0.2, 0.25) is 11.8 Å². The second-order valence-electron chi connectivity index (χ2n) is 2.90. The van der Waals surface area contributed by atoms with E-state index in [0.29, 0.717) is 5.65 Å². The number of halogens is 3. The molecule has 0 unspecified atom stereocenters. The summed E-state index contributed by atoms with van der Waals surface area (Å²) in [6.45, 7) is -1.41. The molecular formula is C7H6F3N5O. The lowest BCUT2D eigenvalue weighted by Gasteiger charge is -2.07. The Kier molecular flexibility index (Phi) is 2.29. The number of nitrogen functional groups attached to an aromatic ring is 1. The second-order valence-corrected chi connectivity index (χ2v) is 2.90. The Labute approximate surface area is 86.8 Å². The van der Waals surface area contributed by atoms with E-state index in [1.165, 1.54) is 12.1 Å². The van der Waals surface area contributed by atoms with Crippen molar-refractivity contribution in [3.05, 3.63) is 12.1 Å². The van der Waals surface area contributed by atoms with Crippen LogP contribution in [0, 0.1) is 0 Å². The quantitative estimate of drug-likeness (QED) is 0.823. The zero-order chi connectivity index (χ0) is 11.8. The SMILES string of the molecule is Nc1nnc2ccc(OCC(F)(F)F)nn12. The molecule has 0 aliphatic heterocycles. The maximum atomic E-state index is 11.9. The van der Waals surface area contributed by atoms with Crippen molar-refractivity contribution in [2.75, 3.05) is 12.3 Å². The van der Waals surface area contributed by atoms with Gasteiger partial charge in [0, 0.05) is 6.07 Å². The van der Waals surface area contributed by atoms with Crippen LogP contribution >= 0.6 is 0 Å². The van der Waals surface area contributed by atoms with Crippen molar-refractivity contribution in [1.29, 1.82) is 0 Å². The van der Waals surface area contributed by atoms with Gasteiger partial charge in [-0.15, -0.1) is 15.3 Å². The normalized spacial score (nSPS) is 11.9. The van der Waals surface area contributed by atoms with E-state index in [2.05, 4.69) is 20.0 Å². The molecule has 0 radical (unpaired) electrons. The van der Waals surface area contributed by atoms with Crippen molar-refractivity contribution in [2.45, 2.75) is 6.18 Å². The Morgan fingerprint density at radius 2 is 2.06 bits per heavy atom. The summed E-state index contributed by atoms with van der Waals surface area (Å²) >= 11 is 0. The summed E-state index contributed by atoms with van der Waals surface area (Å²) < 4.78 is 41.1. The van der Waals surface area contributed by atoms with Gasteiger partial charge < -0.3 is 10.5 Å². The van der Waals surface area contributed by atoms with Crippen LogP contribution in [0.25, 0.3) is 5.65 Å². The number of anilines is 1. The zero-order valence-corrected chi connectivity index (χ0v) is 7.77. The molecule has 6 nitrogen and oxygen atoms in total. The molecule has 0 aliphatic rings. The molecule has 86 valence electrons. The Hall–Kier alpha value is -2.06. The Bertz CT molecular complexity index is 508. The van der Waals surface area contributed by atoms with Crippen LogP contribution in [0.3, 0.4) is 0 Å². The highest BCUT2D eigenvalue weighted by atomic mass is 19.4. The fourth-order valence-electron chi connectivity index (χ4n) is 1.02. The number of nitrogens with zero attached hydrogens (tertiary/aromatic N) is 4. The third-order valence-corrected chi connectivity index (χ3v) is 1.65. The standard InChI is InChI=1S/C7H6F3N5O/c8-7(9,10)3-16-5-2-1-4-12-13-6(11)15(4)14-5/h1-2H,3H2,(H2,11,13). The predicted octanol–water partition coefficient (Wildman–Crippen LogP) is 0.648. The van der Waals surface area contributed by atoms with Crippen LogP contribution in [-0.4, -0.2) is 32.6 Å². The third-order valence-electron chi connectivity index (χ3n) is 1.65. The molecule has 0 saturated carbocycles. The number of alkyl halides is 3. The summed E-state index contributed by atoms with van der Waals surface area (Å²) in [6.07, 6.45) is -4.41. The lowest BCUT2D eigenvalue weighted by molar-refractivity contribution is -0.154. The van der Waals surface area contributed by atoms with Crippen LogP contribution < -0.4 is 10.5 Å². The van der Waals surface area contributed by atoms with E-state index in [-0.39, 0.29) is 11.8 Å². The van der Waals surface area contributed by atoms with Gasteiger partial charge in [-0.2, -0.15) is 17.7 Å². The van der Waals surface area contributed by atoms with Gasteiger partial charge in [0.25, 0.3) is 0 Å². The third kappa shape index (κ3) is 2.12. The van der Waals surface area contributed by atoms with E-state index in [0.717, 1.165) is 4.52 Å². The van der Waals surface area contributed by atoms with E-state index in [1.54, 1.807) is 0 Å². The van der Waals surface area contributed by atoms with Crippen LogP contribution in [0.4, 0.5) is 19.1 Å². The maximum absolute atomic E-state index is 11.9. The first kappa shape index (κ1) is 10.5. The average molecular weight is 233 g/mol. The van der Waals surface area contributed by atoms with Gasteiger partial charge in [-0.25, -0.2) is 0 Å². The molecule has 2 rings (SSSR count). The maximum Gasteiger partial charge on any atom is 0.422 e. The monoisotopic (exact) mass is 233 g/mol. The van der Waals surface area contributed by atoms with Crippen molar-refractivity contribution in [3.63, 3.8) is 0 Å². The highest BCUT2D eigenvalue weighted by Crippen LogP contribution is 2.17. The average Bonchev–Trinajstić information content (AvgIpc) is 2.56. The first-order valence-electron chi connectivity index (χ1n) is 4.13. The molecule has 2 aromatic rings. The summed E-state index contributed by atoms with van der Waals surface area (Å²) in [7, 11) is 0. The number of fused-ring (bicyclic) bond motifs is 1. The smallest absolute Gasteiger partial charge is 0.422 e. The van der Waals surface area contributed by atoms with Gasteiger partial charge in [-0.1, -0.05) is 0 Å². The molecule has 0 bridgehead atoms. The van der Waals surface area contributed by atoms with E-state index < -0.39 is 12.8 Å². The van der Waals surface area contributed by atoms with Crippen LogP contribution in [0.5, 0.6) is 5.88 Å². The van der Waals surface area contributed by atoms with Crippen molar-refractivity contribution in [2.24, 2.45) is 0 Å². The van der Waals surface area contributed by atoms with Gasteiger partial charge in [0.1, 0.15) is 0 Å². The Morgan fingerprint density at radius 1 is 1.31 bits per heavy atom. The fraction of sp³-hybridized carbons (Fsp3) is 0.286. The molecule has 0 aromatic carbocycles. The summed E-state index contributed by atoms with van der Waals surface area (Å²) in [4.78, 5) is 0. The molecule has 0 spiro atoms. The second kappa shape index (κ2) is 3.51. The number of aromatic nitrogens is 4. The van der Waals surface area contributed by atoms with Crippen molar-refractivity contribution >= 4 is 11.6 Å². The molecule has 0 atom stereocenters. The van der Waals surface area contributed by atoms with E-state index >= 15 is 0 Å². The van der Waals surface area contributed by atoms with E-state index in [4.69, 9.17) is 5.73 Å². The molecule has 2 heterocycles. The van der Waals surface area contributed by atoms with Crippen LogP contribution in [0.2, 0.25) is 0 Å². The number of hydrogen-bond acceptors (Lipinski definition) is 5. The Balaban J connectivity index is 2.22. The minimum Gasteiger partial charge on any atom is -0.467 e. The number of nitrogens with two attached hydrogens (primary N) is 1. The van der Waals surface area contributed by atoms with Gasteiger partial charge in [0.15, 0.2) is 12.3 Å². The van der Waals surface area contributed by atoms with Crippen LogP contribution in [-0.2, 0) is 0 Å². The van der Waals surface area contributed by atoms with Gasteiger partial charge in [0.05, 0.1) is 0 Å². The molecular weight excluding hydrogens is 227 g/mol.